The van der Waals surface area contributed by atoms with Gasteiger partial charge in [0, 0.05) is 92.9 Å². The molecular weight excluding hydrogens is 1780 g/mol. The van der Waals surface area contributed by atoms with Crippen LogP contribution in [0, 0.1) is 0 Å². The fourth-order valence-corrected chi connectivity index (χ4v) is 28.3. The van der Waals surface area contributed by atoms with Gasteiger partial charge in [0.05, 0.1) is 107 Å². The lowest BCUT2D eigenvalue weighted by Crippen LogP contribution is -2.16. The summed E-state index contributed by atoms with van der Waals surface area (Å²) in [5.74, 6) is 0. The molecule has 0 N–H and O–H groups in total. The molecule has 32 rings (SSSR count). The highest BCUT2D eigenvalue weighted by Gasteiger charge is 2.44. The molecule has 664 valence electrons. The first-order chi connectivity index (χ1) is 68.5. The standard InChI is InChI=1S/4C32H22N2S/c1-32(2)24-13-7-5-11-22(24)28-20-9-3-4-10-21(20)31-29(30(28)32)23-12-6-8-14-26(23)34(31)19-15-16-25-27(17-19)35-18-33-25;1-32(2)24-13-7-5-11-22(24)28-20-9-3-4-10-21(20)29-23-12-6-8-14-26(23)34(31(29)30(28)32)19-15-16-25-27(17-19)35-18-33-25;1-32(2)25-10-6-5-9-22(25)23-13-14-24-29-21-8-4-3-7-19(21)11-16-27(29)34(31(24)30(23)32)20-12-15-26-28(17-20)35-18-33-26;1-32(2)26-10-6-5-9-22(26)23-17-30-25(16-27(23)32)24-13-19-7-3-4-8-20(19)14-29(24)34(30)21-11-12-28-31(15-21)35-18-33-28/h4*3-18H,1-2H3. The van der Waals surface area contributed by atoms with Gasteiger partial charge in [-0.1, -0.05) is 304 Å². The van der Waals surface area contributed by atoms with Crippen LogP contribution in [-0.4, -0.2) is 38.2 Å². The smallest absolute Gasteiger partial charge is 0.0813 e. The second kappa shape index (κ2) is 29.9. The fraction of sp³-hybridized carbons (Fsp3) is 0.0938. The number of para-hydroxylation sites is 2. The molecule has 0 amide bonds. The molecule has 140 heavy (non-hydrogen) atoms. The molecule has 20 aromatic carbocycles. The number of thiazole rings is 4. The average molecular weight is 1870 g/mol. The summed E-state index contributed by atoms with van der Waals surface area (Å²) in [6.45, 7) is 19.0. The van der Waals surface area contributed by atoms with Crippen molar-refractivity contribution >= 4 is 217 Å². The van der Waals surface area contributed by atoms with Crippen LogP contribution in [0.2, 0.25) is 0 Å². The van der Waals surface area contributed by atoms with E-state index in [9.17, 15) is 0 Å². The first-order valence-electron chi connectivity index (χ1n) is 48.2. The third kappa shape index (κ3) is 11.4. The fourth-order valence-electron chi connectivity index (χ4n) is 25.4. The van der Waals surface area contributed by atoms with Crippen LogP contribution in [0.15, 0.2) is 386 Å². The van der Waals surface area contributed by atoms with Gasteiger partial charge in [-0.3, -0.25) is 0 Å². The highest BCUT2D eigenvalue weighted by Crippen LogP contribution is 2.61. The molecule has 0 saturated carbocycles. The van der Waals surface area contributed by atoms with Crippen LogP contribution in [0.3, 0.4) is 0 Å². The summed E-state index contributed by atoms with van der Waals surface area (Å²) < 4.78 is 14.8. The minimum Gasteiger partial charge on any atom is -0.309 e. The van der Waals surface area contributed by atoms with Crippen LogP contribution in [0.25, 0.3) is 238 Å². The zero-order valence-electron chi connectivity index (χ0n) is 78.2. The molecule has 0 fully saturated rings. The van der Waals surface area contributed by atoms with Gasteiger partial charge in [0.15, 0.2) is 0 Å². The van der Waals surface area contributed by atoms with Gasteiger partial charge in [0.2, 0.25) is 0 Å². The van der Waals surface area contributed by atoms with Gasteiger partial charge >= 0.3 is 0 Å². The van der Waals surface area contributed by atoms with Gasteiger partial charge in [-0.15, -0.1) is 45.3 Å². The van der Waals surface area contributed by atoms with Crippen LogP contribution in [0.5, 0.6) is 0 Å². The maximum absolute atomic E-state index is 4.52. The zero-order chi connectivity index (χ0) is 93.2. The van der Waals surface area contributed by atoms with E-state index in [0.29, 0.717) is 0 Å². The average Bonchev–Trinajstić information content (AvgIpc) is 1.50. The van der Waals surface area contributed by atoms with E-state index >= 15 is 0 Å². The predicted molar refractivity (Wildman–Crippen MR) is 596 cm³/mol. The molecule has 4 aliphatic rings. The Hall–Kier alpha value is -15.8. The zero-order valence-corrected chi connectivity index (χ0v) is 81.4. The number of aromatic nitrogens is 8. The highest BCUT2D eigenvalue weighted by atomic mass is 32.1. The van der Waals surface area contributed by atoms with Gasteiger partial charge in [0.1, 0.15) is 0 Å². The molecule has 0 bridgehead atoms. The monoisotopic (exact) mass is 1860 g/mol. The van der Waals surface area contributed by atoms with E-state index in [0.717, 1.165) is 22.1 Å². The molecule has 28 aromatic rings. The Morgan fingerprint density at radius 2 is 0.593 bits per heavy atom. The van der Waals surface area contributed by atoms with E-state index in [2.05, 4.69) is 458 Å². The maximum Gasteiger partial charge on any atom is 0.0813 e. The quantitative estimate of drug-likeness (QED) is 0.176. The largest absolute Gasteiger partial charge is 0.309 e. The van der Waals surface area contributed by atoms with Crippen molar-refractivity contribution < 1.29 is 0 Å². The van der Waals surface area contributed by atoms with Crippen molar-refractivity contribution in [1.29, 1.82) is 0 Å². The minimum atomic E-state index is -0.116. The van der Waals surface area contributed by atoms with Crippen molar-refractivity contribution in [1.82, 2.24) is 38.2 Å². The maximum atomic E-state index is 4.52. The lowest BCUT2D eigenvalue weighted by atomic mass is 9.79. The summed E-state index contributed by atoms with van der Waals surface area (Å²) in [5.41, 5.74) is 48.8. The molecule has 8 heterocycles. The molecule has 0 aliphatic heterocycles. The lowest BCUT2D eigenvalue weighted by molar-refractivity contribution is 0.661. The summed E-state index contributed by atoms with van der Waals surface area (Å²) in [7, 11) is 0. The Bertz CT molecular complexity index is 10200. The van der Waals surface area contributed by atoms with Crippen molar-refractivity contribution in [3.05, 3.63) is 431 Å². The molecule has 8 aromatic heterocycles. The molecule has 4 aliphatic carbocycles. The Morgan fingerprint density at radius 3 is 1.16 bits per heavy atom. The number of benzene rings is 20. The second-order valence-electron chi connectivity index (χ2n) is 40.3. The lowest BCUT2D eigenvalue weighted by Gasteiger charge is -2.24. The summed E-state index contributed by atoms with van der Waals surface area (Å²) in [5, 5.41) is 21.0. The van der Waals surface area contributed by atoms with Gasteiger partial charge in [-0.25, -0.2) is 19.9 Å². The van der Waals surface area contributed by atoms with Gasteiger partial charge in [-0.05, 0) is 242 Å². The molecule has 12 heteroatoms. The number of nitrogens with zero attached hydrogens (tertiary/aromatic N) is 8. The Balaban J connectivity index is 0.0000000896. The van der Waals surface area contributed by atoms with Gasteiger partial charge in [0.25, 0.3) is 0 Å². The molecule has 0 unspecified atom stereocenters. The highest BCUT2D eigenvalue weighted by molar-refractivity contribution is 7.17. The molecule has 8 nitrogen and oxygen atoms in total. The second-order valence-corrected chi connectivity index (χ2v) is 43.9. The number of rotatable bonds is 4. The van der Waals surface area contributed by atoms with Crippen LogP contribution in [0.1, 0.15) is 99.9 Å². The van der Waals surface area contributed by atoms with Gasteiger partial charge < -0.3 is 18.3 Å². The van der Waals surface area contributed by atoms with E-state index in [1.165, 1.54) is 261 Å². The molecular formula is C128H88N8S4. The normalized spacial score (nSPS) is 14.2. The van der Waals surface area contributed by atoms with E-state index < -0.39 is 0 Å². The third-order valence-corrected chi connectivity index (χ3v) is 34.8. The van der Waals surface area contributed by atoms with E-state index in [1.807, 2.05) is 22.0 Å². The minimum absolute atomic E-state index is 0.0209. The van der Waals surface area contributed by atoms with E-state index in [1.54, 1.807) is 45.3 Å². The molecule has 0 atom stereocenters. The summed E-state index contributed by atoms with van der Waals surface area (Å²) in [6, 6.07) is 134. The predicted octanol–water partition coefficient (Wildman–Crippen LogP) is 35.4. The van der Waals surface area contributed by atoms with Crippen LogP contribution >= 0.6 is 45.3 Å². The Morgan fingerprint density at radius 1 is 0.200 bits per heavy atom. The number of fused-ring (bicyclic) bond motifs is 40. The first kappa shape index (κ1) is 81.4. The SMILES string of the molecule is CC1(C)c2ccccc2-c2c1c1c(c3ccccc23)c2ccccc2n1-c1ccc2ncsc2c1.CC1(C)c2ccccc2-c2c1c1c3ccccc3n(-c3ccc4ncsc4c3)c1c1ccccc21.CC1(C)c2ccccc2-c2cc3c(cc21)c1cc2ccccc2cc1n3-c1ccc2ncsc2c1.CC1(C)c2ccccc2-c2ccc3c4c5ccccc5ccc4n(-c4ccc5ncsc5c4)c3c21. The topological polar surface area (TPSA) is 71.3 Å². The summed E-state index contributed by atoms with van der Waals surface area (Å²) in [4.78, 5) is 18.1. The van der Waals surface area contributed by atoms with Crippen molar-refractivity contribution in [3.63, 3.8) is 0 Å². The number of hydrogen-bond acceptors (Lipinski definition) is 8. The van der Waals surface area contributed by atoms with E-state index in [-0.39, 0.29) is 21.7 Å². The van der Waals surface area contributed by atoms with Gasteiger partial charge in [-0.2, -0.15) is 0 Å². The van der Waals surface area contributed by atoms with Crippen LogP contribution in [-0.2, 0) is 21.7 Å². The first-order valence-corrected chi connectivity index (χ1v) is 51.7. The summed E-state index contributed by atoms with van der Waals surface area (Å²) >= 11 is 6.80. The molecule has 0 radical (unpaired) electrons. The van der Waals surface area contributed by atoms with Crippen molar-refractivity contribution in [2.24, 2.45) is 0 Å². The van der Waals surface area contributed by atoms with E-state index in [4.69, 9.17) is 0 Å². The molecule has 0 saturated heterocycles. The van der Waals surface area contributed by atoms with Crippen molar-refractivity contribution in [2.75, 3.05) is 0 Å². The van der Waals surface area contributed by atoms with Crippen molar-refractivity contribution in [2.45, 2.75) is 77.0 Å². The Kier molecular flexibility index (Phi) is 17.4. The number of hydrogen-bond donors (Lipinski definition) is 0. The van der Waals surface area contributed by atoms with Crippen molar-refractivity contribution in [3.8, 4) is 67.3 Å². The van der Waals surface area contributed by atoms with Crippen LogP contribution in [0.4, 0.5) is 0 Å². The van der Waals surface area contributed by atoms with Crippen LogP contribution < -0.4 is 0 Å². The third-order valence-electron chi connectivity index (χ3n) is 31.6. The molecule has 0 spiro atoms. The Labute approximate surface area is 822 Å². The summed E-state index contributed by atoms with van der Waals surface area (Å²) in [6.07, 6.45) is 0.